The van der Waals surface area contributed by atoms with Crippen molar-refractivity contribution in [1.82, 2.24) is 0 Å². The van der Waals surface area contributed by atoms with E-state index in [-0.39, 0.29) is 0 Å². The molecule has 0 nitrogen and oxygen atoms in total. The Balaban J connectivity index is 3.31. The van der Waals surface area contributed by atoms with Crippen molar-refractivity contribution in [2.75, 3.05) is 0 Å². The fourth-order valence-corrected chi connectivity index (χ4v) is 2.28. The first-order valence-electron chi connectivity index (χ1n) is 2.33. The first-order valence-corrected chi connectivity index (χ1v) is 5.09. The molecule has 0 fully saturated rings. The first kappa shape index (κ1) is 9.04. The third kappa shape index (κ3) is 1.97. The van der Waals surface area contributed by atoms with E-state index in [1.165, 1.54) is 0 Å². The standard InChI is InChI=1S/C6HBr3Cl/c7-3-1-4(8)6(9)5(10)2-3/h1H. The quantitative estimate of drug-likeness (QED) is 0.481. The van der Waals surface area contributed by atoms with Crippen LogP contribution in [0.15, 0.2) is 19.5 Å². The lowest BCUT2D eigenvalue weighted by molar-refractivity contribution is 1.54. The van der Waals surface area contributed by atoms with E-state index in [9.17, 15) is 0 Å². The van der Waals surface area contributed by atoms with Crippen molar-refractivity contribution in [2.45, 2.75) is 0 Å². The molecule has 10 heavy (non-hydrogen) atoms. The summed E-state index contributed by atoms with van der Waals surface area (Å²) in [4.78, 5) is 0. The molecule has 1 radical (unpaired) electrons. The SMILES string of the molecule is Clc1[c]c(Br)cc(Br)c1Br. The highest BCUT2D eigenvalue weighted by atomic mass is 79.9. The molecule has 0 aliphatic carbocycles. The second-order valence-corrected chi connectivity index (χ2v) is 4.47. The Bertz CT molecular complexity index is 236. The van der Waals surface area contributed by atoms with Crippen molar-refractivity contribution >= 4 is 59.4 Å². The molecular weight excluding hydrogens is 347 g/mol. The van der Waals surface area contributed by atoms with E-state index in [4.69, 9.17) is 11.6 Å². The second-order valence-electron chi connectivity index (χ2n) is 1.59. The van der Waals surface area contributed by atoms with Crippen LogP contribution in [0.5, 0.6) is 0 Å². The van der Waals surface area contributed by atoms with Crippen molar-refractivity contribution in [1.29, 1.82) is 0 Å². The maximum Gasteiger partial charge on any atom is 0.0650 e. The average molecular weight is 348 g/mol. The Kier molecular flexibility index (Phi) is 3.22. The number of hydrogen-bond donors (Lipinski definition) is 0. The summed E-state index contributed by atoms with van der Waals surface area (Å²) < 4.78 is 2.59. The molecule has 53 valence electrons. The Morgan fingerprint density at radius 1 is 1.30 bits per heavy atom. The topological polar surface area (TPSA) is 0 Å². The van der Waals surface area contributed by atoms with Gasteiger partial charge in [0.25, 0.3) is 0 Å². The fraction of sp³-hybridized carbons (Fsp3) is 0. The molecule has 0 saturated carbocycles. The first-order chi connectivity index (χ1) is 4.61. The van der Waals surface area contributed by atoms with E-state index in [1.54, 1.807) is 0 Å². The largest absolute Gasteiger partial charge is 0.0823 e. The number of hydrogen-bond acceptors (Lipinski definition) is 0. The Labute approximate surface area is 89.3 Å². The molecule has 1 aromatic rings. The normalized spacial score (nSPS) is 10.0. The van der Waals surface area contributed by atoms with E-state index < -0.39 is 0 Å². The molecule has 0 spiro atoms. The van der Waals surface area contributed by atoms with Crippen LogP contribution in [0.1, 0.15) is 0 Å². The monoisotopic (exact) mass is 345 g/mol. The summed E-state index contributed by atoms with van der Waals surface area (Å²) in [6.07, 6.45) is 0. The van der Waals surface area contributed by atoms with E-state index in [1.807, 2.05) is 6.07 Å². The Hall–Kier alpha value is 0.950. The third-order valence-electron chi connectivity index (χ3n) is 0.885. The van der Waals surface area contributed by atoms with Crippen LogP contribution in [-0.4, -0.2) is 0 Å². The zero-order chi connectivity index (χ0) is 7.72. The van der Waals surface area contributed by atoms with Gasteiger partial charge in [-0.1, -0.05) is 27.5 Å². The maximum atomic E-state index is 5.76. The predicted molar refractivity (Wildman–Crippen MR) is 53.4 cm³/mol. The fourth-order valence-electron chi connectivity index (χ4n) is 0.475. The zero-order valence-electron chi connectivity index (χ0n) is 4.59. The molecule has 1 aromatic carbocycles. The summed E-state index contributed by atoms with van der Waals surface area (Å²) in [7, 11) is 0. The van der Waals surface area contributed by atoms with Crippen LogP contribution in [0.3, 0.4) is 0 Å². The number of rotatable bonds is 0. The molecule has 0 aliphatic rings. The van der Waals surface area contributed by atoms with Gasteiger partial charge in [-0.3, -0.25) is 0 Å². The van der Waals surface area contributed by atoms with Crippen LogP contribution in [0.4, 0.5) is 0 Å². The molecule has 4 heteroatoms. The lowest BCUT2D eigenvalue weighted by Crippen LogP contribution is -1.73. The lowest BCUT2D eigenvalue weighted by Gasteiger charge is -1.98. The zero-order valence-corrected chi connectivity index (χ0v) is 10.1. The van der Waals surface area contributed by atoms with Gasteiger partial charge in [0.05, 0.1) is 9.50 Å². The van der Waals surface area contributed by atoms with Crippen LogP contribution in [0.25, 0.3) is 0 Å². The van der Waals surface area contributed by atoms with Gasteiger partial charge in [0, 0.05) is 15.0 Å². The summed E-state index contributed by atoms with van der Waals surface area (Å²) >= 11 is 15.6. The summed E-state index contributed by atoms with van der Waals surface area (Å²) in [5.41, 5.74) is 0. The van der Waals surface area contributed by atoms with Crippen LogP contribution in [0.2, 0.25) is 5.02 Å². The van der Waals surface area contributed by atoms with Crippen LogP contribution >= 0.6 is 59.4 Å². The van der Waals surface area contributed by atoms with E-state index in [2.05, 4.69) is 53.9 Å². The predicted octanol–water partition coefficient (Wildman–Crippen LogP) is 4.43. The highest BCUT2D eigenvalue weighted by Crippen LogP contribution is 2.32. The lowest BCUT2D eigenvalue weighted by atomic mass is 10.4. The molecule has 0 heterocycles. The summed E-state index contributed by atoms with van der Waals surface area (Å²) in [5.74, 6) is 0. The van der Waals surface area contributed by atoms with Gasteiger partial charge in [-0.2, -0.15) is 0 Å². The molecule has 0 unspecified atom stereocenters. The van der Waals surface area contributed by atoms with Gasteiger partial charge in [-0.15, -0.1) is 0 Å². The van der Waals surface area contributed by atoms with E-state index in [0.717, 1.165) is 13.4 Å². The molecule has 0 aromatic heterocycles. The highest BCUT2D eigenvalue weighted by molar-refractivity contribution is 9.13. The summed E-state index contributed by atoms with van der Waals surface area (Å²) in [6.45, 7) is 0. The van der Waals surface area contributed by atoms with Crippen LogP contribution < -0.4 is 0 Å². The van der Waals surface area contributed by atoms with Gasteiger partial charge in [-0.25, -0.2) is 0 Å². The van der Waals surface area contributed by atoms with Crippen LogP contribution in [-0.2, 0) is 0 Å². The number of benzene rings is 1. The molecule has 0 aliphatic heterocycles. The van der Waals surface area contributed by atoms with Crippen molar-refractivity contribution in [3.63, 3.8) is 0 Å². The van der Waals surface area contributed by atoms with E-state index in [0.29, 0.717) is 5.02 Å². The van der Waals surface area contributed by atoms with Gasteiger partial charge >= 0.3 is 0 Å². The Morgan fingerprint density at radius 3 is 2.40 bits per heavy atom. The molecule has 0 atom stereocenters. The van der Waals surface area contributed by atoms with Crippen molar-refractivity contribution in [2.24, 2.45) is 0 Å². The van der Waals surface area contributed by atoms with Gasteiger partial charge in [-0.05, 0) is 37.9 Å². The minimum atomic E-state index is 0.571. The van der Waals surface area contributed by atoms with Crippen molar-refractivity contribution < 1.29 is 0 Å². The average Bonchev–Trinajstić information content (AvgIpc) is 1.82. The molecule has 0 N–H and O–H groups in total. The molecule has 0 saturated heterocycles. The summed E-state index contributed by atoms with van der Waals surface area (Å²) in [6, 6.07) is 4.76. The number of halogens is 4. The smallest absolute Gasteiger partial charge is 0.0650 e. The van der Waals surface area contributed by atoms with Crippen LogP contribution in [0, 0.1) is 6.07 Å². The van der Waals surface area contributed by atoms with Gasteiger partial charge in [0.1, 0.15) is 0 Å². The molecular formula is C6HBr3Cl. The van der Waals surface area contributed by atoms with Crippen molar-refractivity contribution in [3.8, 4) is 0 Å². The minimum absolute atomic E-state index is 0.571. The van der Waals surface area contributed by atoms with Crippen molar-refractivity contribution in [3.05, 3.63) is 30.6 Å². The van der Waals surface area contributed by atoms with E-state index >= 15 is 0 Å². The molecule has 1 rings (SSSR count). The molecule has 0 bridgehead atoms. The third-order valence-corrected chi connectivity index (χ3v) is 3.81. The summed E-state index contributed by atoms with van der Waals surface area (Å²) in [5, 5.41) is 0.571. The molecule has 0 amide bonds. The maximum absolute atomic E-state index is 5.76. The highest BCUT2D eigenvalue weighted by Gasteiger charge is 2.02. The van der Waals surface area contributed by atoms with Gasteiger partial charge < -0.3 is 0 Å². The second kappa shape index (κ2) is 3.57. The Morgan fingerprint density at radius 2 is 1.90 bits per heavy atom. The van der Waals surface area contributed by atoms with Gasteiger partial charge in [0.15, 0.2) is 0 Å². The minimum Gasteiger partial charge on any atom is -0.0823 e. The van der Waals surface area contributed by atoms with Gasteiger partial charge in [0.2, 0.25) is 0 Å².